The zero-order valence-corrected chi connectivity index (χ0v) is 26.8. The summed E-state index contributed by atoms with van der Waals surface area (Å²) in [6, 6.07) is 15.1. The Hall–Kier alpha value is -5.15. The van der Waals surface area contributed by atoms with Crippen LogP contribution in [0.4, 0.5) is 21.9 Å². The molecule has 3 aromatic carbocycles. The molecule has 0 aliphatic heterocycles. The Bertz CT molecular complexity index is 1680. The molecule has 0 heterocycles. The third kappa shape index (κ3) is 10.2. The van der Waals surface area contributed by atoms with Gasteiger partial charge in [-0.15, -0.1) is 0 Å². The Morgan fingerprint density at radius 2 is 1.54 bits per heavy atom. The van der Waals surface area contributed by atoms with Gasteiger partial charge in [0.05, 0.1) is 39.4 Å². The van der Waals surface area contributed by atoms with Crippen LogP contribution in [0.15, 0.2) is 66.7 Å². The Labute approximate surface area is 267 Å². The molecule has 0 bridgehead atoms. The molecule has 246 valence electrons. The Morgan fingerprint density at radius 3 is 2.13 bits per heavy atom. The van der Waals surface area contributed by atoms with Crippen LogP contribution in [-0.2, 0) is 24.4 Å². The predicted molar refractivity (Wildman–Crippen MR) is 173 cm³/mol. The van der Waals surface area contributed by atoms with E-state index in [2.05, 4.69) is 20.7 Å². The third-order valence-corrected chi connectivity index (χ3v) is 7.55. The van der Waals surface area contributed by atoms with Gasteiger partial charge in [0.1, 0.15) is 6.04 Å². The zero-order chi connectivity index (χ0) is 34.0. The van der Waals surface area contributed by atoms with Gasteiger partial charge in [0.15, 0.2) is 11.5 Å². The van der Waals surface area contributed by atoms with Crippen molar-refractivity contribution in [2.45, 2.75) is 31.8 Å². The van der Waals surface area contributed by atoms with Gasteiger partial charge < -0.3 is 35.4 Å². The number of nitrogens with zero attached hydrogens (tertiary/aromatic N) is 1. The molecular formula is C31H37N5O9S. The molecule has 2 unspecified atom stereocenters. The number of hydrogen-bond acceptors (Lipinski definition) is 8. The average Bonchev–Trinajstić information content (AvgIpc) is 3.00. The highest BCUT2D eigenvalue weighted by Crippen LogP contribution is 2.31. The van der Waals surface area contributed by atoms with E-state index in [-0.39, 0.29) is 0 Å². The molecule has 0 aromatic heterocycles. The molecule has 0 spiro atoms. The second-order valence-electron chi connectivity index (χ2n) is 10.3. The molecule has 0 aliphatic rings. The number of benzene rings is 3. The van der Waals surface area contributed by atoms with Crippen molar-refractivity contribution in [1.29, 1.82) is 0 Å². The maximum atomic E-state index is 13.4. The molecule has 2 atom stereocenters. The number of carbonyl (C=O) groups excluding carboxylic acids is 3. The number of amides is 4. The van der Waals surface area contributed by atoms with Gasteiger partial charge >= 0.3 is 12.0 Å². The van der Waals surface area contributed by atoms with E-state index in [0.29, 0.717) is 34.1 Å². The summed E-state index contributed by atoms with van der Waals surface area (Å²) in [5.41, 5.74) is 2.76. The van der Waals surface area contributed by atoms with Gasteiger partial charge in [0.2, 0.25) is 21.8 Å². The molecule has 0 radical (unpaired) electrons. The van der Waals surface area contributed by atoms with Crippen LogP contribution in [0.3, 0.4) is 0 Å². The van der Waals surface area contributed by atoms with Gasteiger partial charge in [-0.1, -0.05) is 24.3 Å². The number of aryl methyl sites for hydroxylation is 1. The lowest BCUT2D eigenvalue weighted by Crippen LogP contribution is -2.49. The summed E-state index contributed by atoms with van der Waals surface area (Å²) in [6.45, 7) is 1.86. The van der Waals surface area contributed by atoms with Crippen LogP contribution in [0.25, 0.3) is 0 Å². The summed E-state index contributed by atoms with van der Waals surface area (Å²) in [6.07, 6.45) is -0.282. The second-order valence-corrected chi connectivity index (χ2v) is 12.1. The normalized spacial score (nSPS) is 12.3. The van der Waals surface area contributed by atoms with Crippen molar-refractivity contribution in [3.63, 3.8) is 0 Å². The Balaban J connectivity index is 1.73. The molecule has 3 rings (SSSR count). The first-order valence-electron chi connectivity index (χ1n) is 13.9. The number of carboxylic acid groups (broad SMARTS) is 1. The number of anilines is 3. The summed E-state index contributed by atoms with van der Waals surface area (Å²) in [5, 5.41) is 17.5. The average molecular weight is 656 g/mol. The van der Waals surface area contributed by atoms with E-state index < -0.39 is 58.8 Å². The number of methoxy groups -OCH3 is 2. The quantitative estimate of drug-likeness (QED) is 0.173. The predicted octanol–water partition coefficient (Wildman–Crippen LogP) is 3.26. The number of para-hydroxylation sites is 1. The molecule has 0 aliphatic carbocycles. The molecule has 3 aromatic rings. The van der Waals surface area contributed by atoms with Crippen LogP contribution in [0.2, 0.25) is 0 Å². The summed E-state index contributed by atoms with van der Waals surface area (Å²) >= 11 is 0. The minimum atomic E-state index is -3.97. The highest BCUT2D eigenvalue weighted by atomic mass is 32.2. The number of urea groups is 1. The fraction of sp³-hybridized carbons (Fsp3) is 0.290. The number of carboxylic acids is 1. The standard InChI is InChI=1S/C31H37N5O9S/c1-19-8-6-7-9-23(19)34-31(41)32-21-11-13-22(14-12-21)36(2)28(37)17-25(35-46(5,42)43)30(40)33-24(18-29(38)39)20-10-15-26(44-3)27(16-20)45-4/h6-16,24-25,35H,17-18H2,1-5H3,(H,33,40)(H,38,39)(H2,32,34,41). The molecule has 5 N–H and O–H groups in total. The van der Waals surface area contributed by atoms with E-state index in [1.165, 1.54) is 44.4 Å². The lowest BCUT2D eigenvalue weighted by Gasteiger charge is -2.25. The van der Waals surface area contributed by atoms with Crippen molar-refractivity contribution in [2.75, 3.05) is 43.1 Å². The zero-order valence-electron chi connectivity index (χ0n) is 26.0. The van der Waals surface area contributed by atoms with Crippen LogP contribution in [0, 0.1) is 6.92 Å². The maximum Gasteiger partial charge on any atom is 0.323 e. The third-order valence-electron chi connectivity index (χ3n) is 6.84. The van der Waals surface area contributed by atoms with Gasteiger partial charge in [-0.2, -0.15) is 0 Å². The first-order chi connectivity index (χ1) is 21.7. The Morgan fingerprint density at radius 1 is 0.891 bits per heavy atom. The largest absolute Gasteiger partial charge is 0.493 e. The fourth-order valence-corrected chi connectivity index (χ4v) is 5.14. The monoisotopic (exact) mass is 655 g/mol. The van der Waals surface area contributed by atoms with Gasteiger partial charge in [0, 0.05) is 24.1 Å². The molecule has 14 nitrogen and oxygen atoms in total. The van der Waals surface area contributed by atoms with Crippen molar-refractivity contribution in [3.8, 4) is 11.5 Å². The number of sulfonamides is 1. The fourth-order valence-electron chi connectivity index (χ4n) is 4.44. The molecular weight excluding hydrogens is 618 g/mol. The molecule has 0 saturated heterocycles. The van der Waals surface area contributed by atoms with E-state index >= 15 is 0 Å². The van der Waals surface area contributed by atoms with Crippen molar-refractivity contribution in [3.05, 3.63) is 77.9 Å². The number of rotatable bonds is 14. The van der Waals surface area contributed by atoms with E-state index in [1.54, 1.807) is 36.4 Å². The molecule has 46 heavy (non-hydrogen) atoms. The van der Waals surface area contributed by atoms with Crippen molar-refractivity contribution >= 4 is 50.9 Å². The SMILES string of the molecule is COc1ccc(C(CC(=O)O)NC(=O)C(CC(=O)N(C)c2ccc(NC(=O)Nc3ccccc3C)cc2)NS(C)(=O)=O)cc1OC. The molecule has 0 saturated carbocycles. The molecule has 15 heteroatoms. The van der Waals surface area contributed by atoms with Crippen LogP contribution in [-0.4, -0.2) is 70.9 Å². The van der Waals surface area contributed by atoms with Crippen LogP contribution >= 0.6 is 0 Å². The Kier molecular flexibility index (Phi) is 12.1. The number of aliphatic carboxylic acids is 1. The summed E-state index contributed by atoms with van der Waals surface area (Å²) < 4.78 is 36.9. The van der Waals surface area contributed by atoms with E-state index in [9.17, 15) is 32.7 Å². The van der Waals surface area contributed by atoms with Crippen LogP contribution in [0.1, 0.15) is 30.0 Å². The maximum absolute atomic E-state index is 13.4. The van der Waals surface area contributed by atoms with E-state index in [1.807, 2.05) is 19.1 Å². The van der Waals surface area contributed by atoms with Gasteiger partial charge in [-0.05, 0) is 60.5 Å². The van der Waals surface area contributed by atoms with Crippen LogP contribution in [0.5, 0.6) is 11.5 Å². The lowest BCUT2D eigenvalue weighted by atomic mass is 10.0. The minimum Gasteiger partial charge on any atom is -0.493 e. The second kappa shape index (κ2) is 15.7. The van der Waals surface area contributed by atoms with Crippen molar-refractivity contribution in [2.24, 2.45) is 0 Å². The van der Waals surface area contributed by atoms with Crippen molar-refractivity contribution in [1.82, 2.24) is 10.0 Å². The lowest BCUT2D eigenvalue weighted by molar-refractivity contribution is -0.138. The molecule has 4 amide bonds. The summed E-state index contributed by atoms with van der Waals surface area (Å²) in [7, 11) is 0.304. The number of ether oxygens (including phenoxy) is 2. The number of nitrogens with one attached hydrogen (secondary N) is 4. The van der Waals surface area contributed by atoms with E-state index in [0.717, 1.165) is 11.8 Å². The topological polar surface area (TPSA) is 192 Å². The highest BCUT2D eigenvalue weighted by molar-refractivity contribution is 7.88. The minimum absolute atomic E-state index is 0.292. The number of carbonyl (C=O) groups is 4. The first-order valence-corrected chi connectivity index (χ1v) is 15.8. The number of hydrogen-bond donors (Lipinski definition) is 5. The van der Waals surface area contributed by atoms with Crippen LogP contribution < -0.4 is 35.0 Å². The highest BCUT2D eigenvalue weighted by Gasteiger charge is 2.30. The summed E-state index contributed by atoms with van der Waals surface area (Å²) in [4.78, 5) is 51.9. The summed E-state index contributed by atoms with van der Waals surface area (Å²) in [5.74, 6) is -2.08. The smallest absolute Gasteiger partial charge is 0.323 e. The van der Waals surface area contributed by atoms with E-state index in [4.69, 9.17) is 9.47 Å². The van der Waals surface area contributed by atoms with Gasteiger partial charge in [-0.25, -0.2) is 17.9 Å². The van der Waals surface area contributed by atoms with Gasteiger partial charge in [-0.3, -0.25) is 14.4 Å². The first kappa shape index (κ1) is 35.3. The van der Waals surface area contributed by atoms with Gasteiger partial charge in [0.25, 0.3) is 0 Å². The molecule has 0 fully saturated rings. The van der Waals surface area contributed by atoms with Crippen molar-refractivity contribution < 1.29 is 42.2 Å².